The Labute approximate surface area is 254 Å². The van der Waals surface area contributed by atoms with Crippen molar-refractivity contribution in [3.63, 3.8) is 0 Å². The third kappa shape index (κ3) is 5.51. The molecule has 0 amide bonds. The summed E-state index contributed by atoms with van der Waals surface area (Å²) in [6.07, 6.45) is 4.70. The molecule has 3 aromatic heterocycles. The van der Waals surface area contributed by atoms with Gasteiger partial charge in [-0.05, 0) is 60.5 Å². The summed E-state index contributed by atoms with van der Waals surface area (Å²) < 4.78 is 18.8. The first kappa shape index (κ1) is 28.3. The third-order valence-corrected chi connectivity index (χ3v) is 6.89. The number of allylic oxidation sites excluding steroid dienone is 1. The quantitative estimate of drug-likeness (QED) is 0.0730. The van der Waals surface area contributed by atoms with E-state index in [0.29, 0.717) is 56.3 Å². The zero-order valence-corrected chi connectivity index (χ0v) is 23.9. The molecule has 0 fully saturated rings. The highest BCUT2D eigenvalue weighted by molar-refractivity contribution is 6.31. The number of nitrogens with zero attached hydrogens (tertiary/aromatic N) is 5. The van der Waals surface area contributed by atoms with Crippen molar-refractivity contribution in [1.82, 2.24) is 14.6 Å². The topological polar surface area (TPSA) is 135 Å². The second-order valence-electron chi connectivity index (χ2n) is 9.52. The third-order valence-electron chi connectivity index (χ3n) is 6.65. The second-order valence-corrected chi connectivity index (χ2v) is 9.96. The normalized spacial score (nSPS) is 11.3. The second kappa shape index (κ2) is 11.8. The smallest absolute Gasteiger partial charge is 0.287 e. The first-order chi connectivity index (χ1) is 21.3. The van der Waals surface area contributed by atoms with Gasteiger partial charge in [-0.15, -0.1) is 6.58 Å². The first-order valence-corrected chi connectivity index (χ1v) is 13.6. The van der Waals surface area contributed by atoms with E-state index in [-0.39, 0.29) is 23.0 Å². The molecule has 44 heavy (non-hydrogen) atoms. The molecule has 0 aliphatic heterocycles. The molecule has 0 bridgehead atoms. The van der Waals surface area contributed by atoms with Gasteiger partial charge in [0.1, 0.15) is 11.8 Å². The van der Waals surface area contributed by atoms with Gasteiger partial charge in [-0.2, -0.15) is 9.78 Å². The number of rotatable bonds is 9. The Morgan fingerprint density at radius 3 is 2.73 bits per heavy atom. The number of furan rings is 1. The number of para-hydroxylation sites is 1. The Balaban J connectivity index is 1.44. The molecule has 0 saturated carbocycles. The minimum absolute atomic E-state index is 0.145. The van der Waals surface area contributed by atoms with Crippen LogP contribution in [0.1, 0.15) is 11.1 Å². The van der Waals surface area contributed by atoms with Gasteiger partial charge >= 0.3 is 0 Å². The van der Waals surface area contributed by atoms with Crippen LogP contribution in [0.25, 0.3) is 33.5 Å². The lowest BCUT2D eigenvalue weighted by molar-refractivity contribution is -0.385. The summed E-state index contributed by atoms with van der Waals surface area (Å²) in [7, 11) is 1.48. The Bertz CT molecular complexity index is 2150. The van der Waals surface area contributed by atoms with Crippen molar-refractivity contribution in [2.24, 2.45) is 5.10 Å². The van der Waals surface area contributed by atoms with E-state index in [1.807, 2.05) is 0 Å². The van der Waals surface area contributed by atoms with Crippen LogP contribution in [0.4, 0.5) is 5.69 Å². The van der Waals surface area contributed by atoms with E-state index in [1.54, 1.807) is 66.7 Å². The Morgan fingerprint density at radius 2 is 1.98 bits per heavy atom. The maximum absolute atomic E-state index is 13.7. The van der Waals surface area contributed by atoms with Crippen LogP contribution in [0.15, 0.2) is 106 Å². The predicted octanol–water partition coefficient (Wildman–Crippen LogP) is 7.18. The zero-order chi connectivity index (χ0) is 30.8. The van der Waals surface area contributed by atoms with Crippen LogP contribution in [0.2, 0.25) is 5.02 Å². The van der Waals surface area contributed by atoms with E-state index in [9.17, 15) is 14.9 Å². The lowest BCUT2D eigenvalue weighted by Crippen LogP contribution is -2.20. The summed E-state index contributed by atoms with van der Waals surface area (Å²) in [5.74, 6) is 1.40. The number of nitro groups is 1. The standard InChI is InChI=1S/C32H22ClN5O6/c1-3-6-20-13-19(14-27(42-2)30(20)44-29-12-10-23(18-34-29)38(40)41)17-35-37-31(36-25-8-5-4-7-24(25)32(37)39)28-16-21-15-22(33)9-11-26(21)43-28/h3-5,7-18H,1,6H2,2H3. The molecular weight excluding hydrogens is 586 g/mol. The molecule has 0 atom stereocenters. The highest BCUT2D eigenvalue weighted by Crippen LogP contribution is 2.36. The summed E-state index contributed by atoms with van der Waals surface area (Å²) in [4.78, 5) is 32.9. The van der Waals surface area contributed by atoms with Crippen LogP contribution >= 0.6 is 11.6 Å². The monoisotopic (exact) mass is 607 g/mol. The van der Waals surface area contributed by atoms with Gasteiger partial charge in [-0.1, -0.05) is 29.8 Å². The number of methoxy groups -OCH3 is 1. The Kier molecular flexibility index (Phi) is 7.61. The van der Waals surface area contributed by atoms with Crippen LogP contribution in [-0.2, 0) is 6.42 Å². The van der Waals surface area contributed by atoms with E-state index < -0.39 is 4.92 Å². The van der Waals surface area contributed by atoms with E-state index in [4.69, 9.17) is 30.5 Å². The van der Waals surface area contributed by atoms with Crippen LogP contribution in [0.3, 0.4) is 0 Å². The molecule has 0 aliphatic carbocycles. The molecular formula is C32H22ClN5O6. The molecule has 0 radical (unpaired) electrons. The van der Waals surface area contributed by atoms with Crippen LogP contribution in [0.5, 0.6) is 17.4 Å². The van der Waals surface area contributed by atoms with Gasteiger partial charge in [0.05, 0.1) is 29.2 Å². The fourth-order valence-corrected chi connectivity index (χ4v) is 4.80. The molecule has 0 saturated heterocycles. The number of ether oxygens (including phenoxy) is 2. The van der Waals surface area contributed by atoms with Crippen molar-refractivity contribution >= 4 is 45.4 Å². The highest BCUT2D eigenvalue weighted by Gasteiger charge is 2.18. The fraction of sp³-hybridized carbons (Fsp3) is 0.0625. The molecule has 6 rings (SSSR count). The molecule has 218 valence electrons. The fourth-order valence-electron chi connectivity index (χ4n) is 4.62. The molecule has 3 heterocycles. The first-order valence-electron chi connectivity index (χ1n) is 13.2. The van der Waals surface area contributed by atoms with Gasteiger partial charge in [0.15, 0.2) is 17.3 Å². The number of fused-ring (bicyclic) bond motifs is 2. The number of aromatic nitrogens is 3. The average Bonchev–Trinajstić information content (AvgIpc) is 3.45. The van der Waals surface area contributed by atoms with E-state index in [0.717, 1.165) is 11.6 Å². The maximum atomic E-state index is 13.7. The molecule has 0 unspecified atom stereocenters. The van der Waals surface area contributed by atoms with E-state index >= 15 is 0 Å². The van der Waals surface area contributed by atoms with Crippen molar-refractivity contribution in [3.8, 4) is 29.0 Å². The SMILES string of the molecule is C=CCc1cc(C=Nn2c(-c3cc4cc(Cl)ccc4o3)nc3ccccc3c2=O)cc(OC)c1Oc1ccc([N+](=O)[O-])cn1. The van der Waals surface area contributed by atoms with Crippen molar-refractivity contribution in [2.75, 3.05) is 7.11 Å². The molecule has 0 spiro atoms. The van der Waals surface area contributed by atoms with Crippen LogP contribution in [-0.4, -0.2) is 32.9 Å². The van der Waals surface area contributed by atoms with Crippen molar-refractivity contribution in [3.05, 3.63) is 128 Å². The molecule has 0 N–H and O–H groups in total. The Hall–Kier alpha value is -5.81. The molecule has 11 nitrogen and oxygen atoms in total. The number of hydrogen-bond donors (Lipinski definition) is 0. The van der Waals surface area contributed by atoms with Gasteiger partial charge in [0.2, 0.25) is 11.7 Å². The average molecular weight is 608 g/mol. The minimum atomic E-state index is -0.541. The maximum Gasteiger partial charge on any atom is 0.287 e. The number of pyridine rings is 1. The van der Waals surface area contributed by atoms with Crippen molar-refractivity contribution < 1.29 is 18.8 Å². The zero-order valence-electron chi connectivity index (χ0n) is 23.1. The van der Waals surface area contributed by atoms with E-state index in [2.05, 4.69) is 16.7 Å². The number of halogens is 1. The highest BCUT2D eigenvalue weighted by atomic mass is 35.5. The molecule has 0 aliphatic rings. The van der Waals surface area contributed by atoms with Crippen molar-refractivity contribution in [1.29, 1.82) is 0 Å². The minimum Gasteiger partial charge on any atom is -0.493 e. The lowest BCUT2D eigenvalue weighted by Gasteiger charge is -2.15. The number of hydrogen-bond acceptors (Lipinski definition) is 9. The Morgan fingerprint density at radius 1 is 1.14 bits per heavy atom. The lowest BCUT2D eigenvalue weighted by atomic mass is 10.1. The van der Waals surface area contributed by atoms with E-state index in [1.165, 1.54) is 30.1 Å². The van der Waals surface area contributed by atoms with Gasteiger partial charge in [-0.25, -0.2) is 9.97 Å². The summed E-state index contributed by atoms with van der Waals surface area (Å²) in [6.45, 7) is 3.83. The molecule has 12 heteroatoms. The molecule has 3 aromatic carbocycles. The van der Waals surface area contributed by atoms with Crippen molar-refractivity contribution in [2.45, 2.75) is 6.42 Å². The van der Waals surface area contributed by atoms with Crippen LogP contribution < -0.4 is 15.0 Å². The summed E-state index contributed by atoms with van der Waals surface area (Å²) >= 11 is 6.17. The van der Waals surface area contributed by atoms with Gasteiger partial charge < -0.3 is 13.9 Å². The molecule has 6 aromatic rings. The van der Waals surface area contributed by atoms with Gasteiger partial charge in [0, 0.05) is 28.1 Å². The van der Waals surface area contributed by atoms with Gasteiger partial charge in [-0.3, -0.25) is 14.9 Å². The summed E-state index contributed by atoms with van der Waals surface area (Å²) in [6, 6.07) is 20.2. The summed E-state index contributed by atoms with van der Waals surface area (Å²) in [5, 5.41) is 17.2. The van der Waals surface area contributed by atoms with Gasteiger partial charge in [0.25, 0.3) is 11.2 Å². The number of benzene rings is 3. The summed E-state index contributed by atoms with van der Waals surface area (Å²) in [5.41, 5.74) is 1.80. The predicted molar refractivity (Wildman–Crippen MR) is 167 cm³/mol. The largest absolute Gasteiger partial charge is 0.493 e. The van der Waals surface area contributed by atoms with Crippen LogP contribution in [0, 0.1) is 10.1 Å².